The van der Waals surface area contributed by atoms with Crippen LogP contribution in [0.1, 0.15) is 13.3 Å². The zero-order valence-electron chi connectivity index (χ0n) is 6.71. The fraction of sp³-hybridized carbons (Fsp3) is 0.714. The molecule has 1 aliphatic rings. The van der Waals surface area contributed by atoms with Gasteiger partial charge in [-0.25, -0.2) is 4.39 Å². The summed E-state index contributed by atoms with van der Waals surface area (Å²) in [7, 11) is 0. The van der Waals surface area contributed by atoms with Crippen LogP contribution in [0.3, 0.4) is 0 Å². The molecule has 1 saturated heterocycles. The molecule has 0 aromatic heterocycles. The maximum absolute atomic E-state index is 13.2. The molecule has 0 radical (unpaired) electrons. The summed E-state index contributed by atoms with van der Waals surface area (Å²) in [6.45, 7) is 1.16. The van der Waals surface area contributed by atoms with E-state index in [9.17, 15) is 14.0 Å². The van der Waals surface area contributed by atoms with Crippen LogP contribution in [0.2, 0.25) is 0 Å². The molecule has 0 unspecified atom stereocenters. The van der Waals surface area contributed by atoms with Gasteiger partial charge in [-0.1, -0.05) is 0 Å². The quantitative estimate of drug-likeness (QED) is 0.644. The molecule has 5 heteroatoms. The van der Waals surface area contributed by atoms with Gasteiger partial charge in [-0.3, -0.25) is 9.59 Å². The predicted molar refractivity (Wildman–Crippen MR) is 38.3 cm³/mol. The van der Waals surface area contributed by atoms with Crippen molar-refractivity contribution in [2.24, 2.45) is 0 Å². The number of rotatable bonds is 2. The predicted octanol–water partition coefficient (Wildman–Crippen LogP) is 0.0315. The maximum Gasteiger partial charge on any atom is 0.306 e. The van der Waals surface area contributed by atoms with Gasteiger partial charge in [0.25, 0.3) is 0 Å². The molecule has 0 bridgehead atoms. The van der Waals surface area contributed by atoms with Crippen molar-refractivity contribution in [1.29, 1.82) is 0 Å². The molecule has 1 amide bonds. The molecule has 1 N–H and O–H groups in total. The van der Waals surface area contributed by atoms with E-state index in [1.165, 1.54) is 11.8 Å². The first-order valence-corrected chi connectivity index (χ1v) is 3.59. The summed E-state index contributed by atoms with van der Waals surface area (Å²) >= 11 is 0. The Hall–Kier alpha value is -1.13. The number of carbonyl (C=O) groups is 2. The topological polar surface area (TPSA) is 57.6 Å². The van der Waals surface area contributed by atoms with Crippen molar-refractivity contribution in [3.05, 3.63) is 0 Å². The molecule has 0 atom stereocenters. The second kappa shape index (κ2) is 2.73. The van der Waals surface area contributed by atoms with E-state index in [2.05, 4.69) is 0 Å². The lowest BCUT2D eigenvalue weighted by atomic mass is 9.92. The molecule has 4 nitrogen and oxygen atoms in total. The third-order valence-corrected chi connectivity index (χ3v) is 1.86. The fourth-order valence-corrected chi connectivity index (χ4v) is 1.24. The maximum atomic E-state index is 13.2. The van der Waals surface area contributed by atoms with E-state index in [0.29, 0.717) is 0 Å². The highest BCUT2D eigenvalue weighted by molar-refractivity contribution is 5.75. The van der Waals surface area contributed by atoms with Gasteiger partial charge in [0.05, 0.1) is 19.5 Å². The van der Waals surface area contributed by atoms with Crippen LogP contribution < -0.4 is 0 Å². The van der Waals surface area contributed by atoms with Gasteiger partial charge in [-0.05, 0) is 0 Å². The molecule has 68 valence electrons. The van der Waals surface area contributed by atoms with Crippen LogP contribution >= 0.6 is 0 Å². The van der Waals surface area contributed by atoms with Crippen LogP contribution in [0.25, 0.3) is 0 Å². The van der Waals surface area contributed by atoms with Gasteiger partial charge >= 0.3 is 5.97 Å². The van der Waals surface area contributed by atoms with Crippen LogP contribution in [-0.4, -0.2) is 40.6 Å². The highest BCUT2D eigenvalue weighted by atomic mass is 19.1. The summed E-state index contributed by atoms with van der Waals surface area (Å²) in [5.41, 5.74) is -1.70. The average molecular weight is 175 g/mol. The van der Waals surface area contributed by atoms with Crippen molar-refractivity contribution < 1.29 is 19.1 Å². The van der Waals surface area contributed by atoms with Crippen molar-refractivity contribution in [2.75, 3.05) is 13.1 Å². The smallest absolute Gasteiger partial charge is 0.306 e. The average Bonchev–Trinajstić information content (AvgIpc) is 1.80. The number of nitrogens with zero attached hydrogens (tertiary/aromatic N) is 1. The van der Waals surface area contributed by atoms with E-state index < -0.39 is 18.1 Å². The highest BCUT2D eigenvalue weighted by Crippen LogP contribution is 2.28. The van der Waals surface area contributed by atoms with Gasteiger partial charge in [-0.15, -0.1) is 0 Å². The number of carbonyl (C=O) groups excluding carboxylic acids is 1. The van der Waals surface area contributed by atoms with Gasteiger partial charge < -0.3 is 10.0 Å². The molecule has 12 heavy (non-hydrogen) atoms. The number of halogens is 1. The monoisotopic (exact) mass is 175 g/mol. The fourth-order valence-electron chi connectivity index (χ4n) is 1.24. The number of aliphatic carboxylic acids is 1. The molecule has 0 aromatic carbocycles. The summed E-state index contributed by atoms with van der Waals surface area (Å²) in [4.78, 5) is 22.0. The molecule has 1 fully saturated rings. The van der Waals surface area contributed by atoms with E-state index in [0.717, 1.165) is 0 Å². The number of likely N-dealkylation sites (tertiary alicyclic amines) is 1. The van der Waals surface area contributed by atoms with Crippen LogP contribution in [0, 0.1) is 0 Å². The Labute approximate surface area is 69.0 Å². The number of hydrogen-bond acceptors (Lipinski definition) is 2. The standard InChI is InChI=1S/C7H10FNO3/c1-5(10)9-3-7(8,4-9)2-6(11)12/h2-4H2,1H3,(H,11,12). The number of carboxylic acids is 1. The Morgan fingerprint density at radius 2 is 2.08 bits per heavy atom. The Bertz CT molecular complexity index is 223. The number of amides is 1. The number of alkyl halides is 1. The van der Waals surface area contributed by atoms with Crippen molar-refractivity contribution in [3.63, 3.8) is 0 Å². The first-order valence-electron chi connectivity index (χ1n) is 3.59. The minimum Gasteiger partial charge on any atom is -0.481 e. The van der Waals surface area contributed by atoms with Crippen LogP contribution in [0.4, 0.5) is 4.39 Å². The van der Waals surface area contributed by atoms with Crippen molar-refractivity contribution in [2.45, 2.75) is 19.0 Å². The van der Waals surface area contributed by atoms with Crippen molar-refractivity contribution in [3.8, 4) is 0 Å². The lowest BCUT2D eigenvalue weighted by Crippen LogP contribution is -2.61. The molecular weight excluding hydrogens is 165 g/mol. The number of carboxylic acid groups (broad SMARTS) is 1. The lowest BCUT2D eigenvalue weighted by molar-refractivity contribution is -0.153. The van der Waals surface area contributed by atoms with Crippen molar-refractivity contribution in [1.82, 2.24) is 4.90 Å². The third-order valence-electron chi connectivity index (χ3n) is 1.86. The first-order chi connectivity index (χ1) is 5.43. The van der Waals surface area contributed by atoms with E-state index in [-0.39, 0.29) is 19.0 Å². The summed E-state index contributed by atoms with van der Waals surface area (Å²) < 4.78 is 13.2. The van der Waals surface area contributed by atoms with Crippen LogP contribution in [-0.2, 0) is 9.59 Å². The Morgan fingerprint density at radius 1 is 1.58 bits per heavy atom. The van der Waals surface area contributed by atoms with E-state index >= 15 is 0 Å². The van der Waals surface area contributed by atoms with Crippen LogP contribution in [0.15, 0.2) is 0 Å². The summed E-state index contributed by atoms with van der Waals surface area (Å²) in [5, 5.41) is 8.30. The largest absolute Gasteiger partial charge is 0.481 e. The third kappa shape index (κ3) is 1.72. The van der Waals surface area contributed by atoms with Crippen molar-refractivity contribution >= 4 is 11.9 Å². The summed E-state index contributed by atoms with van der Waals surface area (Å²) in [5.74, 6) is -1.38. The molecule has 1 rings (SSSR count). The van der Waals surface area contributed by atoms with Gasteiger partial charge in [0.15, 0.2) is 5.67 Å². The van der Waals surface area contributed by atoms with Gasteiger partial charge in [-0.2, -0.15) is 0 Å². The van der Waals surface area contributed by atoms with E-state index in [1.54, 1.807) is 0 Å². The highest BCUT2D eigenvalue weighted by Gasteiger charge is 2.46. The van der Waals surface area contributed by atoms with Gasteiger partial charge in [0.1, 0.15) is 0 Å². The molecule has 0 aromatic rings. The molecule has 1 aliphatic heterocycles. The lowest BCUT2D eigenvalue weighted by Gasteiger charge is -2.43. The Balaban J connectivity index is 2.40. The second-order valence-electron chi connectivity index (χ2n) is 3.10. The molecule has 0 aliphatic carbocycles. The molecule has 0 saturated carbocycles. The Morgan fingerprint density at radius 3 is 2.42 bits per heavy atom. The second-order valence-corrected chi connectivity index (χ2v) is 3.10. The van der Waals surface area contributed by atoms with E-state index in [4.69, 9.17) is 5.11 Å². The molecule has 1 heterocycles. The first kappa shape index (κ1) is 8.96. The summed E-state index contributed by atoms with van der Waals surface area (Å²) in [6.07, 6.45) is -0.517. The van der Waals surface area contributed by atoms with E-state index in [1.807, 2.05) is 0 Å². The van der Waals surface area contributed by atoms with Gasteiger partial charge in [0.2, 0.25) is 5.91 Å². The zero-order chi connectivity index (χ0) is 9.35. The summed E-state index contributed by atoms with van der Waals surface area (Å²) in [6, 6.07) is 0. The Kier molecular flexibility index (Phi) is 2.04. The molecule has 0 spiro atoms. The SMILES string of the molecule is CC(=O)N1CC(F)(CC(=O)O)C1. The molecular formula is C7H10FNO3. The van der Waals surface area contributed by atoms with Crippen LogP contribution in [0.5, 0.6) is 0 Å². The zero-order valence-corrected chi connectivity index (χ0v) is 6.71. The van der Waals surface area contributed by atoms with Gasteiger partial charge in [0, 0.05) is 6.92 Å². The number of hydrogen-bond donors (Lipinski definition) is 1. The minimum atomic E-state index is -1.70. The minimum absolute atomic E-state index is 0.0887. The normalized spacial score (nSPS) is 20.0.